The fourth-order valence-electron chi connectivity index (χ4n) is 6.39. The Balaban J connectivity index is 1.26. The molecule has 6 rings (SSSR count). The van der Waals surface area contributed by atoms with Crippen molar-refractivity contribution in [3.05, 3.63) is 114 Å². The second-order valence-electron chi connectivity index (χ2n) is 12.9. The van der Waals surface area contributed by atoms with Crippen LogP contribution in [0.15, 0.2) is 97.6 Å². The van der Waals surface area contributed by atoms with Gasteiger partial charge in [0.1, 0.15) is 42.4 Å². The normalized spacial score (nSPS) is 30.8. The maximum atomic E-state index is 6.82. The number of hydrogen-bond acceptors (Lipinski definition) is 10. The predicted molar refractivity (Wildman–Crippen MR) is 181 cm³/mol. The van der Waals surface area contributed by atoms with Gasteiger partial charge in [-0.3, -0.25) is 0 Å². The fraction of sp³-hybridized carbons (Fsp3) is 0.487. The summed E-state index contributed by atoms with van der Waals surface area (Å²) in [6.45, 7) is 11.0. The van der Waals surface area contributed by atoms with E-state index in [4.69, 9.17) is 47.4 Å². The van der Waals surface area contributed by atoms with Crippen LogP contribution in [0, 0.1) is 0 Å². The molecule has 0 saturated carbocycles. The van der Waals surface area contributed by atoms with Crippen molar-refractivity contribution < 1.29 is 47.4 Å². The van der Waals surface area contributed by atoms with E-state index in [0.717, 1.165) is 22.4 Å². The van der Waals surface area contributed by atoms with Crippen LogP contribution in [0.2, 0.25) is 0 Å². The number of rotatable bonds is 15. The highest BCUT2D eigenvalue weighted by Crippen LogP contribution is 2.40. The summed E-state index contributed by atoms with van der Waals surface area (Å²) >= 11 is 0. The lowest BCUT2D eigenvalue weighted by atomic mass is 9.98. The molecule has 0 bridgehead atoms. The van der Waals surface area contributed by atoms with Crippen molar-refractivity contribution in [3.8, 4) is 5.75 Å². The van der Waals surface area contributed by atoms with E-state index in [0.29, 0.717) is 26.4 Å². The highest BCUT2D eigenvalue weighted by molar-refractivity contribution is 5.26. The summed E-state index contributed by atoms with van der Waals surface area (Å²) in [5.41, 5.74) is 3.04. The van der Waals surface area contributed by atoms with Crippen LogP contribution in [-0.4, -0.2) is 81.4 Å². The Morgan fingerprint density at radius 3 is 1.94 bits per heavy atom. The van der Waals surface area contributed by atoms with Gasteiger partial charge >= 0.3 is 0 Å². The molecule has 264 valence electrons. The van der Waals surface area contributed by atoms with E-state index in [1.165, 1.54) is 0 Å². The molecule has 3 aliphatic heterocycles. The maximum absolute atomic E-state index is 6.82. The van der Waals surface area contributed by atoms with Gasteiger partial charge in [0.15, 0.2) is 18.4 Å². The topological polar surface area (TPSA) is 92.3 Å². The number of fused-ring (bicyclic) bond motifs is 1. The second kappa shape index (κ2) is 16.7. The minimum Gasteiger partial charge on any atom is -0.497 e. The monoisotopic (exact) mass is 676 g/mol. The molecule has 0 unspecified atom stereocenters. The Kier molecular flexibility index (Phi) is 12.2. The largest absolute Gasteiger partial charge is 0.497 e. The molecule has 10 nitrogen and oxygen atoms in total. The standard InChI is InChI=1S/C39H48O10/c1-6-21-41-38-36-34(48-39(3,4)49-36)32(26(2)46-38)47-37-35(44-23-28-15-11-8-12-16-28)33(43-24-29-17-19-30(40-5)20-18-29)31(25-45-37)42-22-27-13-9-7-10-14-27/h6-20,26,31-38H,1,21-25H2,2-5H3/t26-,31+,32-,33-,34+,35+,36+,37-,38+/m0/s1. The third-order valence-electron chi connectivity index (χ3n) is 8.81. The molecule has 9 atom stereocenters. The molecule has 49 heavy (non-hydrogen) atoms. The quantitative estimate of drug-likeness (QED) is 0.180. The Bertz CT molecular complexity index is 1440. The van der Waals surface area contributed by atoms with Crippen LogP contribution < -0.4 is 4.74 Å². The van der Waals surface area contributed by atoms with Gasteiger partial charge in [-0.1, -0.05) is 78.9 Å². The van der Waals surface area contributed by atoms with E-state index < -0.39 is 61.1 Å². The summed E-state index contributed by atoms with van der Waals surface area (Å²) in [5, 5.41) is 0. The molecule has 3 fully saturated rings. The maximum Gasteiger partial charge on any atom is 0.187 e. The summed E-state index contributed by atoms with van der Waals surface area (Å²) in [6, 6.07) is 27.8. The van der Waals surface area contributed by atoms with Crippen LogP contribution in [0.25, 0.3) is 0 Å². The Morgan fingerprint density at radius 1 is 0.714 bits per heavy atom. The van der Waals surface area contributed by atoms with E-state index in [2.05, 4.69) is 6.58 Å². The van der Waals surface area contributed by atoms with E-state index in [1.807, 2.05) is 106 Å². The first-order valence-electron chi connectivity index (χ1n) is 16.9. The van der Waals surface area contributed by atoms with Gasteiger partial charge in [-0.25, -0.2) is 0 Å². The van der Waals surface area contributed by atoms with Crippen LogP contribution in [0.1, 0.15) is 37.5 Å². The minimum absolute atomic E-state index is 0.222. The highest BCUT2D eigenvalue weighted by Gasteiger charge is 2.57. The smallest absolute Gasteiger partial charge is 0.187 e. The summed E-state index contributed by atoms with van der Waals surface area (Å²) in [7, 11) is 1.65. The van der Waals surface area contributed by atoms with Gasteiger partial charge in [-0.15, -0.1) is 6.58 Å². The number of hydrogen-bond donors (Lipinski definition) is 0. The Hall–Kier alpha value is -3.16. The van der Waals surface area contributed by atoms with Crippen LogP contribution in [0.3, 0.4) is 0 Å². The molecule has 3 aromatic carbocycles. The summed E-state index contributed by atoms with van der Waals surface area (Å²) in [4.78, 5) is 0. The van der Waals surface area contributed by atoms with Gasteiger partial charge in [0, 0.05) is 0 Å². The molecule has 0 radical (unpaired) electrons. The first-order chi connectivity index (χ1) is 23.8. The minimum atomic E-state index is -0.864. The molecule has 0 aromatic heterocycles. The SMILES string of the molecule is C=CCO[C@@H]1O[C@@H](C)[C@H](O[C@@H]2OC[C@@H](OCc3ccccc3)[C@H](OCc3ccc(OC)cc3)[C@H]2OCc2ccccc2)[C@H]2OC(C)(C)O[C@@H]12. The zero-order valence-electron chi connectivity index (χ0n) is 28.7. The number of ether oxygens (including phenoxy) is 10. The molecule has 0 amide bonds. The van der Waals surface area contributed by atoms with Gasteiger partial charge < -0.3 is 47.4 Å². The lowest BCUT2D eigenvalue weighted by molar-refractivity contribution is -0.342. The van der Waals surface area contributed by atoms with Gasteiger partial charge in [-0.05, 0) is 49.6 Å². The number of methoxy groups -OCH3 is 1. The molecular formula is C39H48O10. The van der Waals surface area contributed by atoms with E-state index >= 15 is 0 Å². The van der Waals surface area contributed by atoms with Crippen molar-refractivity contribution in [3.63, 3.8) is 0 Å². The molecular weight excluding hydrogens is 628 g/mol. The van der Waals surface area contributed by atoms with E-state index in [-0.39, 0.29) is 6.61 Å². The lowest BCUT2D eigenvalue weighted by Crippen LogP contribution is -2.62. The first kappa shape index (κ1) is 35.7. The summed E-state index contributed by atoms with van der Waals surface area (Å²) < 4.78 is 63.5. The zero-order chi connectivity index (χ0) is 34.2. The Morgan fingerprint density at radius 2 is 1.31 bits per heavy atom. The molecule has 3 aromatic rings. The number of benzene rings is 3. The van der Waals surface area contributed by atoms with Crippen LogP contribution in [0.4, 0.5) is 0 Å². The molecule has 10 heteroatoms. The van der Waals surface area contributed by atoms with Crippen LogP contribution >= 0.6 is 0 Å². The molecule has 0 N–H and O–H groups in total. The lowest BCUT2D eigenvalue weighted by Gasteiger charge is -2.46. The molecule has 3 saturated heterocycles. The summed E-state index contributed by atoms with van der Waals surface area (Å²) in [6.07, 6.45) is -3.47. The third-order valence-corrected chi connectivity index (χ3v) is 8.81. The molecule has 0 spiro atoms. The van der Waals surface area contributed by atoms with Crippen molar-refractivity contribution in [2.24, 2.45) is 0 Å². The van der Waals surface area contributed by atoms with Gasteiger partial charge in [-0.2, -0.15) is 0 Å². The van der Waals surface area contributed by atoms with Gasteiger partial charge in [0.2, 0.25) is 0 Å². The zero-order valence-corrected chi connectivity index (χ0v) is 28.7. The predicted octanol–water partition coefficient (Wildman–Crippen LogP) is 5.96. The van der Waals surface area contributed by atoms with Crippen molar-refractivity contribution >= 4 is 0 Å². The van der Waals surface area contributed by atoms with E-state index in [1.54, 1.807) is 13.2 Å². The average Bonchev–Trinajstić information content (AvgIpc) is 3.46. The van der Waals surface area contributed by atoms with E-state index in [9.17, 15) is 0 Å². The molecule has 0 aliphatic carbocycles. The van der Waals surface area contributed by atoms with Crippen molar-refractivity contribution in [2.75, 3.05) is 20.3 Å². The van der Waals surface area contributed by atoms with Crippen LogP contribution in [-0.2, 0) is 62.5 Å². The van der Waals surface area contributed by atoms with Gasteiger partial charge in [0.25, 0.3) is 0 Å². The fourth-order valence-corrected chi connectivity index (χ4v) is 6.39. The van der Waals surface area contributed by atoms with Gasteiger partial charge in [0.05, 0.1) is 46.2 Å². The van der Waals surface area contributed by atoms with Crippen molar-refractivity contribution in [1.82, 2.24) is 0 Å². The van der Waals surface area contributed by atoms with Crippen molar-refractivity contribution in [1.29, 1.82) is 0 Å². The molecule has 3 heterocycles. The first-order valence-corrected chi connectivity index (χ1v) is 16.9. The van der Waals surface area contributed by atoms with Crippen LogP contribution in [0.5, 0.6) is 5.75 Å². The highest BCUT2D eigenvalue weighted by atomic mass is 16.8. The van der Waals surface area contributed by atoms with Crippen molar-refractivity contribution in [2.45, 2.75) is 102 Å². The average molecular weight is 677 g/mol. The Labute approximate surface area is 289 Å². The second-order valence-corrected chi connectivity index (χ2v) is 12.9. The summed E-state index contributed by atoms with van der Waals surface area (Å²) in [5.74, 6) is -0.0889. The third kappa shape index (κ3) is 9.15. The molecule has 3 aliphatic rings.